The first-order valence-corrected chi connectivity index (χ1v) is 10.3. The molecule has 0 N–H and O–H groups in total. The summed E-state index contributed by atoms with van der Waals surface area (Å²) in [7, 11) is 0. The van der Waals surface area contributed by atoms with Crippen molar-refractivity contribution in [1.82, 2.24) is 4.90 Å². The Morgan fingerprint density at radius 1 is 1.23 bits per heavy atom. The summed E-state index contributed by atoms with van der Waals surface area (Å²) in [5, 5.41) is 0. The third-order valence-corrected chi connectivity index (χ3v) is 7.24. The minimum absolute atomic E-state index is 0.0502. The van der Waals surface area contributed by atoms with Gasteiger partial charge in [-0.05, 0) is 31.6 Å². The first-order chi connectivity index (χ1) is 10.7. The van der Waals surface area contributed by atoms with E-state index in [-0.39, 0.29) is 4.93 Å². The fourth-order valence-electron chi connectivity index (χ4n) is 4.30. The highest BCUT2D eigenvalue weighted by molar-refractivity contribution is 8.00. The zero-order valence-electron chi connectivity index (χ0n) is 14.0. The number of hydrogen-bond donors (Lipinski definition) is 0. The summed E-state index contributed by atoms with van der Waals surface area (Å²) in [4.78, 5) is 14.9. The van der Waals surface area contributed by atoms with Gasteiger partial charge in [-0.3, -0.25) is 4.79 Å². The van der Waals surface area contributed by atoms with Crippen molar-refractivity contribution >= 4 is 17.7 Å². The van der Waals surface area contributed by atoms with Crippen molar-refractivity contribution in [3.63, 3.8) is 0 Å². The van der Waals surface area contributed by atoms with Crippen LogP contribution in [0.2, 0.25) is 0 Å². The minimum Gasteiger partial charge on any atom is -0.363 e. The van der Waals surface area contributed by atoms with Crippen LogP contribution >= 0.6 is 11.8 Å². The van der Waals surface area contributed by atoms with E-state index < -0.39 is 0 Å². The van der Waals surface area contributed by atoms with Gasteiger partial charge in [0.2, 0.25) is 5.91 Å². The highest BCUT2D eigenvalue weighted by Crippen LogP contribution is 2.42. The molecule has 1 spiro atoms. The average Bonchev–Trinajstić information content (AvgIpc) is 3.02. The zero-order valence-corrected chi connectivity index (χ0v) is 14.8. The molecular weight excluding hydrogens is 294 g/mol. The molecule has 0 bridgehead atoms. The molecule has 126 valence electrons. The molecule has 3 nitrogen and oxygen atoms in total. The Morgan fingerprint density at radius 2 is 1.95 bits per heavy atom. The number of hydrogen-bond acceptors (Lipinski definition) is 3. The topological polar surface area (TPSA) is 29.5 Å². The fourth-order valence-corrected chi connectivity index (χ4v) is 5.48. The highest BCUT2D eigenvalue weighted by Gasteiger charge is 2.41. The van der Waals surface area contributed by atoms with Gasteiger partial charge in [-0.2, -0.15) is 0 Å². The summed E-state index contributed by atoms with van der Waals surface area (Å²) < 4.78 is 5.93. The van der Waals surface area contributed by atoms with E-state index in [0.717, 1.165) is 57.1 Å². The van der Waals surface area contributed by atoms with Crippen LogP contribution in [0, 0.1) is 11.8 Å². The molecular formula is C18H31NO2S. The number of nitrogens with zero attached hydrogens (tertiary/aromatic N) is 1. The van der Waals surface area contributed by atoms with Crippen LogP contribution in [-0.2, 0) is 9.53 Å². The monoisotopic (exact) mass is 325 g/mol. The van der Waals surface area contributed by atoms with Crippen molar-refractivity contribution in [2.75, 3.05) is 25.4 Å². The van der Waals surface area contributed by atoms with Crippen LogP contribution in [0.5, 0.6) is 0 Å². The second-order valence-electron chi connectivity index (χ2n) is 7.29. The third kappa shape index (κ3) is 3.81. The van der Waals surface area contributed by atoms with Gasteiger partial charge in [-0.1, -0.05) is 26.2 Å². The summed E-state index contributed by atoms with van der Waals surface area (Å²) in [5.41, 5.74) is 0. The number of carbonyl (C=O) groups excluding carboxylic acids is 1. The SMILES string of the molecule is CCCCC1CCC(C(=O)N2CCC3(CC2)OCCS3)CC1. The Balaban J connectivity index is 1.43. The number of amides is 1. The molecule has 3 rings (SSSR count). The number of carbonyl (C=O) groups is 1. The van der Waals surface area contributed by atoms with E-state index in [1.165, 1.54) is 32.1 Å². The first-order valence-electron chi connectivity index (χ1n) is 9.29. The predicted octanol–water partition coefficient (Wildman–Crippen LogP) is 4.07. The van der Waals surface area contributed by atoms with E-state index in [1.807, 2.05) is 11.8 Å². The van der Waals surface area contributed by atoms with Crippen LogP contribution in [0.4, 0.5) is 0 Å². The normalized spacial score (nSPS) is 31.6. The number of ether oxygens (including phenoxy) is 1. The molecule has 3 fully saturated rings. The summed E-state index contributed by atoms with van der Waals surface area (Å²) in [6, 6.07) is 0. The second kappa shape index (κ2) is 7.57. The lowest BCUT2D eigenvalue weighted by molar-refractivity contribution is -0.139. The Hall–Kier alpha value is -0.220. The Bertz CT molecular complexity index is 363. The second-order valence-corrected chi connectivity index (χ2v) is 8.73. The molecule has 1 amide bonds. The molecule has 22 heavy (non-hydrogen) atoms. The molecule has 0 unspecified atom stereocenters. The Kier molecular flexibility index (Phi) is 5.72. The Labute approximate surface area is 139 Å². The number of likely N-dealkylation sites (tertiary alicyclic amines) is 1. The van der Waals surface area contributed by atoms with E-state index >= 15 is 0 Å². The van der Waals surface area contributed by atoms with E-state index in [1.54, 1.807) is 0 Å². The fraction of sp³-hybridized carbons (Fsp3) is 0.944. The summed E-state index contributed by atoms with van der Waals surface area (Å²) in [5.74, 6) is 2.75. The lowest BCUT2D eigenvalue weighted by Gasteiger charge is -2.40. The van der Waals surface area contributed by atoms with E-state index in [2.05, 4.69) is 11.8 Å². The van der Waals surface area contributed by atoms with Crippen LogP contribution in [0.25, 0.3) is 0 Å². The molecule has 2 saturated heterocycles. The average molecular weight is 326 g/mol. The van der Waals surface area contributed by atoms with Gasteiger partial charge in [0, 0.05) is 37.6 Å². The van der Waals surface area contributed by atoms with Gasteiger partial charge in [-0.15, -0.1) is 11.8 Å². The van der Waals surface area contributed by atoms with Gasteiger partial charge < -0.3 is 9.64 Å². The molecule has 0 aromatic carbocycles. The first kappa shape index (κ1) is 16.6. The van der Waals surface area contributed by atoms with Crippen LogP contribution < -0.4 is 0 Å². The molecule has 4 heteroatoms. The summed E-state index contributed by atoms with van der Waals surface area (Å²) in [6.45, 7) is 4.97. The molecule has 0 radical (unpaired) electrons. The maximum Gasteiger partial charge on any atom is 0.225 e. The van der Waals surface area contributed by atoms with Gasteiger partial charge in [0.1, 0.15) is 4.93 Å². The van der Waals surface area contributed by atoms with Crippen LogP contribution in [0.3, 0.4) is 0 Å². The molecule has 0 aromatic rings. The molecule has 2 aliphatic heterocycles. The van der Waals surface area contributed by atoms with E-state index in [9.17, 15) is 4.79 Å². The van der Waals surface area contributed by atoms with Gasteiger partial charge >= 0.3 is 0 Å². The van der Waals surface area contributed by atoms with Crippen molar-refractivity contribution in [3.05, 3.63) is 0 Å². The molecule has 1 saturated carbocycles. The standard InChI is InChI=1S/C18H31NO2S/c1-2-3-4-15-5-7-16(8-6-15)17(20)19-11-9-18(10-12-19)21-13-14-22-18/h15-16H,2-14H2,1H3. The molecule has 2 heterocycles. The molecule has 3 aliphatic rings. The van der Waals surface area contributed by atoms with Gasteiger partial charge in [0.15, 0.2) is 0 Å². The van der Waals surface area contributed by atoms with Crippen molar-refractivity contribution in [2.24, 2.45) is 11.8 Å². The highest BCUT2D eigenvalue weighted by atomic mass is 32.2. The Morgan fingerprint density at radius 3 is 2.55 bits per heavy atom. The molecule has 0 atom stereocenters. The third-order valence-electron chi connectivity index (χ3n) is 5.81. The van der Waals surface area contributed by atoms with Crippen molar-refractivity contribution in [1.29, 1.82) is 0 Å². The predicted molar refractivity (Wildman–Crippen MR) is 91.9 cm³/mol. The maximum absolute atomic E-state index is 12.8. The summed E-state index contributed by atoms with van der Waals surface area (Å²) in [6.07, 6.45) is 10.9. The number of thioether (sulfide) groups is 1. The van der Waals surface area contributed by atoms with Crippen molar-refractivity contribution < 1.29 is 9.53 Å². The number of unbranched alkanes of at least 4 members (excludes halogenated alkanes) is 1. The van der Waals surface area contributed by atoms with Gasteiger partial charge in [0.05, 0.1) is 6.61 Å². The van der Waals surface area contributed by atoms with Gasteiger partial charge in [-0.25, -0.2) is 0 Å². The lowest BCUT2D eigenvalue weighted by Crippen LogP contribution is -2.47. The van der Waals surface area contributed by atoms with Crippen LogP contribution in [0.15, 0.2) is 0 Å². The number of piperidine rings is 1. The zero-order chi connectivity index (χ0) is 15.4. The van der Waals surface area contributed by atoms with Crippen molar-refractivity contribution in [2.45, 2.75) is 69.6 Å². The maximum atomic E-state index is 12.8. The smallest absolute Gasteiger partial charge is 0.225 e. The molecule has 1 aliphatic carbocycles. The quantitative estimate of drug-likeness (QED) is 0.780. The van der Waals surface area contributed by atoms with E-state index in [4.69, 9.17) is 4.74 Å². The summed E-state index contributed by atoms with van der Waals surface area (Å²) >= 11 is 1.96. The number of rotatable bonds is 4. The van der Waals surface area contributed by atoms with Crippen molar-refractivity contribution in [3.8, 4) is 0 Å². The van der Waals surface area contributed by atoms with E-state index in [0.29, 0.717) is 11.8 Å². The minimum atomic E-state index is 0.0502. The lowest BCUT2D eigenvalue weighted by atomic mass is 9.79. The molecule has 0 aromatic heterocycles. The van der Waals surface area contributed by atoms with Crippen LogP contribution in [0.1, 0.15) is 64.7 Å². The van der Waals surface area contributed by atoms with Gasteiger partial charge in [0.25, 0.3) is 0 Å². The largest absolute Gasteiger partial charge is 0.363 e. The van der Waals surface area contributed by atoms with Crippen LogP contribution in [-0.4, -0.2) is 41.2 Å².